The molecular weight excluding hydrogens is 503 g/mol. The van der Waals surface area contributed by atoms with E-state index < -0.39 is 20.0 Å². The zero-order valence-corrected chi connectivity index (χ0v) is 19.8. The third kappa shape index (κ3) is 5.91. The monoisotopic (exact) mass is 520 g/mol. The number of halogens is 2. The van der Waals surface area contributed by atoms with Gasteiger partial charge < -0.3 is 5.11 Å². The summed E-state index contributed by atoms with van der Waals surface area (Å²) in [6.07, 6.45) is 1.19. The Morgan fingerprint density at radius 2 is 1.45 bits per heavy atom. The fourth-order valence-corrected chi connectivity index (χ4v) is 6.11. The fraction of sp³-hybridized carbons (Fsp3) is 0.158. The van der Waals surface area contributed by atoms with Crippen molar-refractivity contribution in [1.82, 2.24) is 0 Å². The Morgan fingerprint density at radius 3 is 1.97 bits per heavy atom. The molecule has 0 radical (unpaired) electrons. The summed E-state index contributed by atoms with van der Waals surface area (Å²) in [5.74, 6) is 0. The van der Waals surface area contributed by atoms with E-state index in [-0.39, 0.29) is 37.1 Å². The predicted molar refractivity (Wildman–Crippen MR) is 124 cm³/mol. The molecule has 0 aliphatic rings. The number of aliphatic hydroxyl groups is 1. The molecule has 166 valence electrons. The Hall–Kier alpha value is -1.82. The molecular formula is C19H18Cl2N2O5S3. The molecule has 0 saturated carbocycles. The Balaban J connectivity index is 1.92. The van der Waals surface area contributed by atoms with Crippen molar-refractivity contribution in [2.45, 2.75) is 21.9 Å². The minimum absolute atomic E-state index is 0.0154. The van der Waals surface area contributed by atoms with Crippen LogP contribution in [0.2, 0.25) is 10.0 Å². The summed E-state index contributed by atoms with van der Waals surface area (Å²) in [6, 6.07) is 11.7. The molecule has 1 heterocycles. The Kier molecular flexibility index (Phi) is 7.51. The average molecular weight is 521 g/mol. The van der Waals surface area contributed by atoms with Gasteiger partial charge in [0.05, 0.1) is 26.3 Å². The van der Waals surface area contributed by atoms with Gasteiger partial charge in [-0.3, -0.25) is 9.44 Å². The molecule has 0 fully saturated rings. The van der Waals surface area contributed by atoms with Crippen molar-refractivity contribution in [3.8, 4) is 0 Å². The van der Waals surface area contributed by atoms with Crippen molar-refractivity contribution in [1.29, 1.82) is 0 Å². The van der Waals surface area contributed by atoms with E-state index in [1.807, 2.05) is 0 Å². The van der Waals surface area contributed by atoms with Crippen molar-refractivity contribution in [3.05, 3.63) is 69.5 Å². The summed E-state index contributed by atoms with van der Waals surface area (Å²) in [7, 11) is -7.99. The van der Waals surface area contributed by atoms with Crippen molar-refractivity contribution < 1.29 is 21.9 Å². The summed E-state index contributed by atoms with van der Waals surface area (Å²) in [4.78, 5) is -0.0154. The highest BCUT2D eigenvalue weighted by molar-refractivity contribution is 7.94. The minimum atomic E-state index is -4.05. The van der Waals surface area contributed by atoms with Crippen molar-refractivity contribution in [3.63, 3.8) is 0 Å². The van der Waals surface area contributed by atoms with E-state index >= 15 is 0 Å². The van der Waals surface area contributed by atoms with Crippen LogP contribution in [-0.2, 0) is 26.5 Å². The molecule has 0 unspecified atom stereocenters. The maximum absolute atomic E-state index is 12.9. The summed E-state index contributed by atoms with van der Waals surface area (Å²) in [5, 5.41) is 10.6. The third-order valence-corrected chi connectivity index (χ3v) is 9.03. The highest BCUT2D eigenvalue weighted by Crippen LogP contribution is 2.35. The van der Waals surface area contributed by atoms with Crippen LogP contribution in [0, 0.1) is 0 Å². The molecule has 0 aliphatic heterocycles. The van der Waals surface area contributed by atoms with Crippen LogP contribution in [0.3, 0.4) is 0 Å². The van der Waals surface area contributed by atoms with Crippen LogP contribution in [-0.4, -0.2) is 28.5 Å². The summed E-state index contributed by atoms with van der Waals surface area (Å²) >= 11 is 13.1. The van der Waals surface area contributed by atoms with Gasteiger partial charge in [-0.05, 0) is 54.1 Å². The number of benzene rings is 2. The lowest BCUT2D eigenvalue weighted by atomic mass is 10.1. The number of anilines is 2. The van der Waals surface area contributed by atoms with Crippen LogP contribution in [0.1, 0.15) is 12.0 Å². The van der Waals surface area contributed by atoms with E-state index in [4.69, 9.17) is 28.3 Å². The molecule has 12 heteroatoms. The molecule has 0 amide bonds. The first kappa shape index (κ1) is 23.8. The molecule has 1 aromatic heterocycles. The number of sulfonamides is 2. The first-order valence-corrected chi connectivity index (χ1v) is 13.5. The molecule has 0 saturated heterocycles. The normalized spacial score (nSPS) is 12.0. The van der Waals surface area contributed by atoms with E-state index in [2.05, 4.69) is 9.44 Å². The van der Waals surface area contributed by atoms with Gasteiger partial charge in [0.15, 0.2) is 0 Å². The number of hydrogen-bond donors (Lipinski definition) is 3. The Morgan fingerprint density at radius 1 is 0.871 bits per heavy atom. The van der Waals surface area contributed by atoms with Crippen LogP contribution in [0.15, 0.2) is 63.0 Å². The smallest absolute Gasteiger partial charge is 0.271 e. The van der Waals surface area contributed by atoms with Crippen molar-refractivity contribution in [2.24, 2.45) is 0 Å². The van der Waals surface area contributed by atoms with Gasteiger partial charge in [0.25, 0.3) is 20.0 Å². The second-order valence-corrected chi connectivity index (χ2v) is 11.8. The molecule has 0 bridgehead atoms. The summed E-state index contributed by atoms with van der Waals surface area (Å²) < 4.78 is 55.7. The Labute approximate surface area is 194 Å². The molecule has 31 heavy (non-hydrogen) atoms. The van der Waals surface area contributed by atoms with Crippen molar-refractivity contribution in [2.75, 3.05) is 16.1 Å². The number of thiophene rings is 1. The van der Waals surface area contributed by atoms with E-state index in [1.54, 1.807) is 23.6 Å². The fourth-order valence-electron chi connectivity index (χ4n) is 2.65. The van der Waals surface area contributed by atoms with Crippen molar-refractivity contribution >= 4 is 66.0 Å². The molecule has 3 N–H and O–H groups in total. The van der Waals surface area contributed by atoms with E-state index in [9.17, 15) is 16.8 Å². The maximum Gasteiger partial charge on any atom is 0.271 e. The van der Waals surface area contributed by atoms with E-state index in [1.165, 1.54) is 30.3 Å². The molecule has 0 spiro atoms. The average Bonchev–Trinajstić information content (AvgIpc) is 3.26. The lowest BCUT2D eigenvalue weighted by molar-refractivity contribution is 0.288. The number of nitrogens with one attached hydrogen (secondary N) is 2. The zero-order valence-electron chi connectivity index (χ0n) is 15.9. The van der Waals surface area contributed by atoms with Gasteiger partial charge in [-0.15, -0.1) is 11.3 Å². The van der Waals surface area contributed by atoms with Crippen LogP contribution in [0.5, 0.6) is 0 Å². The SMILES string of the molecule is O=S(=O)(Nc1cc(Cl)c(Cl)cc1NS(=O)(=O)c1cccs1)c1ccc(CCCO)cc1. The van der Waals surface area contributed by atoms with E-state index in [0.717, 1.165) is 16.9 Å². The van der Waals surface area contributed by atoms with Gasteiger partial charge >= 0.3 is 0 Å². The topological polar surface area (TPSA) is 113 Å². The van der Waals surface area contributed by atoms with Gasteiger partial charge in [-0.25, -0.2) is 16.8 Å². The van der Waals surface area contributed by atoms with Gasteiger partial charge in [0.1, 0.15) is 4.21 Å². The molecule has 3 rings (SSSR count). The minimum Gasteiger partial charge on any atom is -0.396 e. The molecule has 2 aromatic carbocycles. The molecule has 0 aliphatic carbocycles. The van der Waals surface area contributed by atoms with Crippen LogP contribution in [0.4, 0.5) is 11.4 Å². The molecule has 7 nitrogen and oxygen atoms in total. The standard InChI is InChI=1S/C19H18Cl2N2O5S3/c20-15-11-17(18(12-16(15)21)23-31(27,28)19-4-2-10-29-19)22-30(25,26)14-7-5-13(6-8-14)3-1-9-24/h2,4-8,10-12,22-24H,1,3,9H2. The quantitative estimate of drug-likeness (QED) is 0.382. The highest BCUT2D eigenvalue weighted by Gasteiger charge is 2.22. The number of aliphatic hydroxyl groups excluding tert-OH is 1. The van der Waals surface area contributed by atoms with Gasteiger partial charge in [-0.2, -0.15) is 0 Å². The van der Waals surface area contributed by atoms with Gasteiger partial charge in [-0.1, -0.05) is 41.4 Å². The third-order valence-electron chi connectivity index (χ3n) is 4.17. The number of hydrogen-bond acceptors (Lipinski definition) is 6. The number of aryl methyl sites for hydroxylation is 1. The first-order chi connectivity index (χ1) is 14.6. The molecule has 0 atom stereocenters. The first-order valence-electron chi connectivity index (χ1n) is 8.90. The lowest BCUT2D eigenvalue weighted by Crippen LogP contribution is -2.17. The lowest BCUT2D eigenvalue weighted by Gasteiger charge is -2.15. The second-order valence-electron chi connectivity index (χ2n) is 6.43. The van der Waals surface area contributed by atoms with Crippen LogP contribution < -0.4 is 9.44 Å². The molecule has 3 aromatic rings. The van der Waals surface area contributed by atoms with Crippen LogP contribution >= 0.6 is 34.5 Å². The summed E-state index contributed by atoms with van der Waals surface area (Å²) in [5.41, 5.74) is 0.747. The van der Waals surface area contributed by atoms with Gasteiger partial charge in [0, 0.05) is 6.61 Å². The number of rotatable bonds is 9. The summed E-state index contributed by atoms with van der Waals surface area (Å²) in [6.45, 7) is 0.0447. The van der Waals surface area contributed by atoms with Crippen LogP contribution in [0.25, 0.3) is 0 Å². The van der Waals surface area contributed by atoms with E-state index in [0.29, 0.717) is 12.8 Å². The predicted octanol–water partition coefficient (Wildman–Crippen LogP) is 4.58. The zero-order chi connectivity index (χ0) is 22.6. The largest absolute Gasteiger partial charge is 0.396 e. The highest BCUT2D eigenvalue weighted by atomic mass is 35.5. The maximum atomic E-state index is 12.9. The Bertz CT molecular complexity index is 1260. The second kappa shape index (κ2) is 9.76. The van der Waals surface area contributed by atoms with Gasteiger partial charge in [0.2, 0.25) is 0 Å².